The van der Waals surface area contributed by atoms with E-state index in [-0.39, 0.29) is 52.5 Å². The van der Waals surface area contributed by atoms with Crippen LogP contribution in [0, 0.1) is 0 Å². The van der Waals surface area contributed by atoms with Crippen LogP contribution >= 0.6 is 0 Å². The van der Waals surface area contributed by atoms with Crippen molar-refractivity contribution in [2.24, 2.45) is 4.99 Å². The van der Waals surface area contributed by atoms with Gasteiger partial charge in [-0.3, -0.25) is 4.79 Å². The zero-order valence-corrected chi connectivity index (χ0v) is 38.1. The number of amides is 2. The van der Waals surface area contributed by atoms with E-state index in [0.717, 1.165) is 52.6 Å². The summed E-state index contributed by atoms with van der Waals surface area (Å²) in [5.41, 5.74) is 2.62. The zero-order valence-electron chi connectivity index (χ0n) is 37.3. The van der Waals surface area contributed by atoms with Gasteiger partial charge in [0.2, 0.25) is 6.10 Å². The molecule has 1 unspecified atom stereocenters. The van der Waals surface area contributed by atoms with Crippen LogP contribution in [0.15, 0.2) is 76.6 Å². The Bertz CT molecular complexity index is 2040. The molecule has 60 heavy (non-hydrogen) atoms. The fourth-order valence-electron chi connectivity index (χ4n) is 7.68. The van der Waals surface area contributed by atoms with Crippen molar-refractivity contribution in [3.05, 3.63) is 77.9 Å². The number of fused-ring (bicyclic) bond motifs is 1. The van der Waals surface area contributed by atoms with Gasteiger partial charge < -0.3 is 14.2 Å². The Morgan fingerprint density at radius 1 is 0.683 bits per heavy atom. The number of benzene rings is 3. The van der Waals surface area contributed by atoms with Crippen molar-refractivity contribution in [3.63, 3.8) is 0 Å². The van der Waals surface area contributed by atoms with Crippen LogP contribution in [0.3, 0.4) is 0 Å². The minimum absolute atomic E-state index is 0.00348. The van der Waals surface area contributed by atoms with Crippen molar-refractivity contribution in [1.29, 1.82) is 0 Å². The molecule has 2 amide bonds. The molecule has 10 nitrogen and oxygen atoms in total. The van der Waals surface area contributed by atoms with Gasteiger partial charge in [-0.05, 0) is 66.0 Å². The third-order valence-electron chi connectivity index (χ3n) is 12.4. The molecule has 3 aromatic carbocycles. The number of imide groups is 1. The van der Waals surface area contributed by atoms with Crippen LogP contribution in [0.4, 0.5) is 16.2 Å². The molecule has 3 aromatic rings. The first-order valence-corrected chi connectivity index (χ1v) is 24.0. The third-order valence-corrected chi connectivity index (χ3v) is 14.2. The van der Waals surface area contributed by atoms with E-state index in [1.165, 1.54) is 69.4 Å². The number of aliphatic imine (C=N–C) groups is 1. The lowest BCUT2D eigenvalue weighted by molar-refractivity contribution is -0.119. The monoisotopic (exact) mass is 843 g/mol. The smallest absolute Gasteiger partial charge is 0.422 e. The predicted octanol–water partition coefficient (Wildman–Crippen LogP) is 12.2. The average molecular weight is 844 g/mol. The number of rotatable bonds is 25. The maximum atomic E-state index is 14.2. The summed E-state index contributed by atoms with van der Waals surface area (Å²) in [5.74, 6) is 0.232. The summed E-state index contributed by atoms with van der Waals surface area (Å²) in [4.78, 5) is 33.4. The summed E-state index contributed by atoms with van der Waals surface area (Å²) in [6.45, 7) is 16.1. The number of hydrogen-bond donors (Lipinski definition) is 0. The van der Waals surface area contributed by atoms with E-state index in [1.807, 2.05) is 6.07 Å². The van der Waals surface area contributed by atoms with Crippen molar-refractivity contribution in [2.45, 2.75) is 167 Å². The normalized spacial score (nSPS) is 16.4. The van der Waals surface area contributed by atoms with Gasteiger partial charge in [-0.15, -0.1) is 0 Å². The van der Waals surface area contributed by atoms with Crippen molar-refractivity contribution in [2.75, 3.05) is 24.7 Å². The number of ether oxygens (including phenoxy) is 3. The molecule has 0 N–H and O–H groups in total. The number of cyclic esters (lactones) is 1. The van der Waals surface area contributed by atoms with E-state index >= 15 is 0 Å². The van der Waals surface area contributed by atoms with E-state index in [0.29, 0.717) is 12.4 Å². The van der Waals surface area contributed by atoms with Gasteiger partial charge in [-0.25, -0.2) is 27.4 Å². The number of anilines is 1. The molecular formula is C49H69N3O7S. The number of carbonyl (C=O) groups excluding carboxylic acids is 2. The molecule has 2 aliphatic rings. The Kier molecular flexibility index (Phi) is 16.7. The fraction of sp³-hybridized carbons (Fsp3) is 0.571. The Labute approximate surface area is 360 Å². The largest absolute Gasteiger partial charge is 0.493 e. The van der Waals surface area contributed by atoms with Gasteiger partial charge in [-0.2, -0.15) is 0 Å². The van der Waals surface area contributed by atoms with E-state index in [1.54, 1.807) is 42.5 Å². The van der Waals surface area contributed by atoms with Gasteiger partial charge in [0.15, 0.2) is 5.84 Å². The first-order chi connectivity index (χ1) is 28.8. The number of nitrogens with zero attached hydrogens (tertiary/aromatic N) is 3. The van der Waals surface area contributed by atoms with Gasteiger partial charge in [0.25, 0.3) is 15.9 Å². The molecule has 328 valence electrons. The molecule has 5 rings (SSSR count). The highest BCUT2D eigenvalue weighted by Gasteiger charge is 2.50. The van der Waals surface area contributed by atoms with Gasteiger partial charge in [0, 0.05) is 18.5 Å². The predicted molar refractivity (Wildman–Crippen MR) is 241 cm³/mol. The highest BCUT2D eigenvalue weighted by atomic mass is 32.2. The number of para-hydroxylation sites is 3. The van der Waals surface area contributed by atoms with Crippen LogP contribution in [-0.4, -0.2) is 56.4 Å². The number of hydrogen-bond acceptors (Lipinski definition) is 8. The summed E-state index contributed by atoms with van der Waals surface area (Å²) in [6, 6.07) is 19.6. The first kappa shape index (κ1) is 46.7. The Hall–Kier alpha value is -4.38. The van der Waals surface area contributed by atoms with Crippen LogP contribution in [0.2, 0.25) is 0 Å². The van der Waals surface area contributed by atoms with Crippen LogP contribution < -0.4 is 14.4 Å². The number of sulfonamides is 1. The average Bonchev–Trinajstić information content (AvgIpc) is 3.54. The Morgan fingerprint density at radius 3 is 1.93 bits per heavy atom. The summed E-state index contributed by atoms with van der Waals surface area (Å²) in [5, 5.41) is 0. The molecule has 0 saturated carbocycles. The maximum Gasteiger partial charge on any atom is 0.422 e. The lowest BCUT2D eigenvalue weighted by atomic mass is 9.76. The van der Waals surface area contributed by atoms with Crippen molar-refractivity contribution in [3.8, 4) is 11.5 Å². The number of amidine groups is 1. The van der Waals surface area contributed by atoms with Gasteiger partial charge in [-0.1, -0.05) is 155 Å². The summed E-state index contributed by atoms with van der Waals surface area (Å²) < 4.78 is 47.8. The molecule has 1 fully saturated rings. The molecule has 0 aliphatic carbocycles. The minimum Gasteiger partial charge on any atom is -0.493 e. The second-order valence-electron chi connectivity index (χ2n) is 17.5. The van der Waals surface area contributed by atoms with Crippen LogP contribution in [-0.2, 0) is 30.4 Å². The Morgan fingerprint density at radius 2 is 1.27 bits per heavy atom. The van der Waals surface area contributed by atoms with Crippen LogP contribution in [0.25, 0.3) is 0 Å². The van der Waals surface area contributed by atoms with Crippen LogP contribution in [0.5, 0.6) is 11.5 Å². The summed E-state index contributed by atoms with van der Waals surface area (Å²) in [7, 11) is -4.18. The highest BCUT2D eigenvalue weighted by Crippen LogP contribution is 2.40. The summed E-state index contributed by atoms with van der Waals surface area (Å²) in [6.07, 6.45) is 14.4. The summed E-state index contributed by atoms with van der Waals surface area (Å²) >= 11 is 0. The molecule has 0 spiro atoms. The standard InChI is InChI=1S/C49H69N3O7S/c1-8-11-12-13-14-15-16-17-18-19-20-25-34-58-42-29-23-22-28-40(42)52-46(53)44(59-47(52)54)45-50-39-27-21-24-30-43(39)60(55,56)51(45)33-26-35-57-41-32-31-37(48(4,5)9-2)36-38(41)49(6,7)10-3/h21-24,27-32,36,44H,8-20,25-26,33-35H2,1-7H3. The van der Waals surface area contributed by atoms with Gasteiger partial charge >= 0.3 is 6.09 Å². The molecule has 1 atom stereocenters. The molecule has 11 heteroatoms. The minimum atomic E-state index is -4.18. The lowest BCUT2D eigenvalue weighted by Gasteiger charge is -2.32. The van der Waals surface area contributed by atoms with Gasteiger partial charge in [0.05, 0.1) is 24.6 Å². The number of carbonyl (C=O) groups is 2. The molecule has 2 aliphatic heterocycles. The molecule has 1 saturated heterocycles. The van der Waals surface area contributed by atoms with E-state index in [9.17, 15) is 18.0 Å². The maximum absolute atomic E-state index is 14.2. The fourth-order valence-corrected chi connectivity index (χ4v) is 9.30. The van der Waals surface area contributed by atoms with E-state index in [4.69, 9.17) is 14.2 Å². The zero-order chi connectivity index (χ0) is 43.3. The second-order valence-corrected chi connectivity index (χ2v) is 19.4. The van der Waals surface area contributed by atoms with Crippen molar-refractivity contribution < 1.29 is 32.2 Å². The SMILES string of the molecule is CCCCCCCCCCCCCCOc1ccccc1N1C(=O)OC(C2=Nc3ccccc3S(=O)(=O)N2CCCOc2ccc(C(C)(C)CC)cc2C(C)(C)CC)C1=O. The molecular weight excluding hydrogens is 775 g/mol. The molecule has 0 aromatic heterocycles. The van der Waals surface area contributed by atoms with E-state index in [2.05, 4.69) is 65.6 Å². The Balaban J connectivity index is 1.25. The second kappa shape index (κ2) is 21.4. The van der Waals surface area contributed by atoms with Crippen molar-refractivity contribution in [1.82, 2.24) is 4.31 Å². The quantitative estimate of drug-likeness (QED) is 0.0780. The third kappa shape index (κ3) is 11.3. The van der Waals surface area contributed by atoms with Gasteiger partial charge in [0.1, 0.15) is 16.4 Å². The first-order valence-electron chi connectivity index (χ1n) is 22.5. The molecule has 0 radical (unpaired) electrons. The van der Waals surface area contributed by atoms with E-state index < -0.39 is 28.1 Å². The molecule has 2 heterocycles. The van der Waals surface area contributed by atoms with Crippen molar-refractivity contribution >= 4 is 39.2 Å². The topological polar surface area (TPSA) is 115 Å². The highest BCUT2D eigenvalue weighted by molar-refractivity contribution is 7.90. The van der Waals surface area contributed by atoms with Crippen LogP contribution in [0.1, 0.15) is 156 Å². The number of unbranched alkanes of at least 4 members (excludes halogenated alkanes) is 11. The molecule has 0 bridgehead atoms. The lowest BCUT2D eigenvalue weighted by Crippen LogP contribution is -2.48.